The lowest BCUT2D eigenvalue weighted by molar-refractivity contribution is -0.143. The van der Waals surface area contributed by atoms with Gasteiger partial charge in [0.1, 0.15) is 6.04 Å². The van der Waals surface area contributed by atoms with Gasteiger partial charge in [0, 0.05) is 17.1 Å². The van der Waals surface area contributed by atoms with Crippen molar-refractivity contribution in [1.82, 2.24) is 4.90 Å². The topological polar surface area (TPSA) is 57.6 Å². The number of piperidine rings is 1. The average Bonchev–Trinajstić information content (AvgIpc) is 2.41. The predicted octanol–water partition coefficient (Wildman–Crippen LogP) is 2.73. The molecular weight excluding hydrogens is 266 g/mol. The van der Waals surface area contributed by atoms with Gasteiger partial charge in [-0.3, -0.25) is 4.79 Å². The number of carboxylic acids is 1. The number of likely N-dealkylation sites (tertiary alicyclic amines) is 1. The van der Waals surface area contributed by atoms with Crippen LogP contribution in [0.3, 0.4) is 0 Å². The molecule has 102 valence electrons. The van der Waals surface area contributed by atoms with E-state index < -0.39 is 12.0 Å². The van der Waals surface area contributed by atoms with Crippen LogP contribution >= 0.6 is 11.6 Å². The van der Waals surface area contributed by atoms with Gasteiger partial charge in [-0.05, 0) is 43.9 Å². The number of amides is 1. The lowest BCUT2D eigenvalue weighted by atomic mass is 10.0. The molecule has 4 nitrogen and oxygen atoms in total. The van der Waals surface area contributed by atoms with E-state index in [1.54, 1.807) is 18.2 Å². The van der Waals surface area contributed by atoms with Crippen molar-refractivity contribution in [2.24, 2.45) is 0 Å². The minimum atomic E-state index is -0.939. The fraction of sp³-hybridized carbons (Fsp3) is 0.429. The summed E-state index contributed by atoms with van der Waals surface area (Å²) in [5, 5.41) is 9.71. The molecule has 0 saturated carbocycles. The van der Waals surface area contributed by atoms with Gasteiger partial charge in [0.2, 0.25) is 0 Å². The van der Waals surface area contributed by atoms with E-state index in [9.17, 15) is 14.7 Å². The molecule has 1 saturated heterocycles. The van der Waals surface area contributed by atoms with Crippen molar-refractivity contribution in [3.05, 3.63) is 34.3 Å². The molecule has 0 aliphatic carbocycles. The minimum Gasteiger partial charge on any atom is -0.480 e. The molecule has 1 aromatic rings. The minimum absolute atomic E-state index is 0.256. The standard InChI is InChI=1S/C14H16ClNO3/c1-9-5-6-10(8-11(9)15)13(17)16-7-3-2-4-12(16)14(18)19/h5-6,8,12H,2-4,7H2,1H3,(H,18,19)/t12-/m1/s1. The SMILES string of the molecule is Cc1ccc(C(=O)N2CCCC[C@@H]2C(=O)O)cc1Cl. The molecule has 1 fully saturated rings. The lowest BCUT2D eigenvalue weighted by Crippen LogP contribution is -2.47. The van der Waals surface area contributed by atoms with Gasteiger partial charge in [-0.1, -0.05) is 17.7 Å². The second-order valence-electron chi connectivity index (χ2n) is 4.81. The first-order valence-corrected chi connectivity index (χ1v) is 6.68. The summed E-state index contributed by atoms with van der Waals surface area (Å²) in [5.41, 5.74) is 1.34. The summed E-state index contributed by atoms with van der Waals surface area (Å²) in [6.45, 7) is 2.35. The van der Waals surface area contributed by atoms with Gasteiger partial charge in [0.25, 0.3) is 5.91 Å². The van der Waals surface area contributed by atoms with Crippen molar-refractivity contribution < 1.29 is 14.7 Å². The van der Waals surface area contributed by atoms with Gasteiger partial charge in [0.05, 0.1) is 0 Å². The molecule has 1 aliphatic heterocycles. The van der Waals surface area contributed by atoms with Crippen LogP contribution in [-0.2, 0) is 4.79 Å². The smallest absolute Gasteiger partial charge is 0.326 e. The Bertz CT molecular complexity index is 515. The third-order valence-corrected chi connectivity index (χ3v) is 3.87. The van der Waals surface area contributed by atoms with Gasteiger partial charge in [-0.15, -0.1) is 0 Å². The van der Waals surface area contributed by atoms with Crippen molar-refractivity contribution in [2.75, 3.05) is 6.54 Å². The summed E-state index contributed by atoms with van der Waals surface area (Å²) >= 11 is 6.01. The van der Waals surface area contributed by atoms with Crippen LogP contribution in [-0.4, -0.2) is 34.5 Å². The van der Waals surface area contributed by atoms with Crippen LogP contribution in [0.25, 0.3) is 0 Å². The Morgan fingerprint density at radius 1 is 1.37 bits per heavy atom. The first kappa shape index (κ1) is 13.9. The van der Waals surface area contributed by atoms with Crippen molar-refractivity contribution in [1.29, 1.82) is 0 Å². The highest BCUT2D eigenvalue weighted by atomic mass is 35.5. The van der Waals surface area contributed by atoms with Gasteiger partial charge in [0.15, 0.2) is 0 Å². The quantitative estimate of drug-likeness (QED) is 0.907. The Labute approximate surface area is 117 Å². The maximum absolute atomic E-state index is 12.4. The Morgan fingerprint density at radius 2 is 2.11 bits per heavy atom. The van der Waals surface area contributed by atoms with E-state index in [-0.39, 0.29) is 5.91 Å². The van der Waals surface area contributed by atoms with Crippen LogP contribution in [0.4, 0.5) is 0 Å². The van der Waals surface area contributed by atoms with Gasteiger partial charge in [-0.25, -0.2) is 4.79 Å². The van der Waals surface area contributed by atoms with E-state index in [1.807, 2.05) is 6.92 Å². The largest absolute Gasteiger partial charge is 0.480 e. The van der Waals surface area contributed by atoms with E-state index in [0.29, 0.717) is 23.6 Å². The molecule has 5 heteroatoms. The number of aryl methyl sites for hydroxylation is 1. The summed E-state index contributed by atoms with van der Waals surface area (Å²) in [5.74, 6) is -1.19. The zero-order chi connectivity index (χ0) is 14.0. The fourth-order valence-electron chi connectivity index (χ4n) is 2.32. The number of carboxylic acid groups (broad SMARTS) is 1. The molecule has 0 bridgehead atoms. The molecule has 19 heavy (non-hydrogen) atoms. The lowest BCUT2D eigenvalue weighted by Gasteiger charge is -2.33. The monoisotopic (exact) mass is 281 g/mol. The number of hydrogen-bond acceptors (Lipinski definition) is 2. The van der Waals surface area contributed by atoms with Crippen LogP contribution in [0.5, 0.6) is 0 Å². The number of halogens is 1. The normalized spacial score (nSPS) is 19.3. The van der Waals surface area contributed by atoms with Crippen LogP contribution in [0.2, 0.25) is 5.02 Å². The molecule has 1 atom stereocenters. The second kappa shape index (κ2) is 5.61. The summed E-state index contributed by atoms with van der Waals surface area (Å²) in [6, 6.07) is 4.35. The summed E-state index contributed by atoms with van der Waals surface area (Å²) in [6.07, 6.45) is 2.20. The van der Waals surface area contributed by atoms with Crippen molar-refractivity contribution in [3.63, 3.8) is 0 Å². The molecule has 0 radical (unpaired) electrons. The highest BCUT2D eigenvalue weighted by molar-refractivity contribution is 6.31. The van der Waals surface area contributed by atoms with Gasteiger partial charge >= 0.3 is 5.97 Å². The number of carbonyl (C=O) groups excluding carboxylic acids is 1. The number of hydrogen-bond donors (Lipinski definition) is 1. The Balaban J connectivity index is 2.26. The molecular formula is C14H16ClNO3. The molecule has 1 amide bonds. The third kappa shape index (κ3) is 2.89. The molecule has 2 rings (SSSR count). The first-order chi connectivity index (χ1) is 9.00. The number of benzene rings is 1. The van der Waals surface area contributed by atoms with E-state index in [1.165, 1.54) is 4.90 Å². The van der Waals surface area contributed by atoms with E-state index in [4.69, 9.17) is 11.6 Å². The molecule has 0 unspecified atom stereocenters. The van der Waals surface area contributed by atoms with Crippen molar-refractivity contribution in [3.8, 4) is 0 Å². The van der Waals surface area contributed by atoms with Crippen molar-refractivity contribution in [2.45, 2.75) is 32.2 Å². The first-order valence-electron chi connectivity index (χ1n) is 6.30. The highest BCUT2D eigenvalue weighted by Gasteiger charge is 2.32. The van der Waals surface area contributed by atoms with Crippen LogP contribution < -0.4 is 0 Å². The van der Waals surface area contributed by atoms with Crippen LogP contribution in [0.15, 0.2) is 18.2 Å². The summed E-state index contributed by atoms with van der Waals surface area (Å²) in [7, 11) is 0. The number of rotatable bonds is 2. The fourth-order valence-corrected chi connectivity index (χ4v) is 2.50. The summed E-state index contributed by atoms with van der Waals surface area (Å²) in [4.78, 5) is 25.0. The predicted molar refractivity (Wildman–Crippen MR) is 72.5 cm³/mol. The number of nitrogens with zero attached hydrogens (tertiary/aromatic N) is 1. The van der Waals surface area contributed by atoms with Gasteiger partial charge in [-0.2, -0.15) is 0 Å². The molecule has 1 N–H and O–H groups in total. The highest BCUT2D eigenvalue weighted by Crippen LogP contribution is 2.22. The second-order valence-corrected chi connectivity index (χ2v) is 5.22. The Kier molecular flexibility index (Phi) is 4.10. The molecule has 0 spiro atoms. The number of carbonyl (C=O) groups is 2. The molecule has 1 aromatic carbocycles. The Hall–Kier alpha value is -1.55. The molecule has 1 heterocycles. The van der Waals surface area contributed by atoms with Gasteiger partial charge < -0.3 is 10.0 Å². The third-order valence-electron chi connectivity index (χ3n) is 3.47. The van der Waals surface area contributed by atoms with E-state index >= 15 is 0 Å². The zero-order valence-corrected chi connectivity index (χ0v) is 11.5. The number of aliphatic carboxylic acids is 1. The van der Waals surface area contributed by atoms with E-state index in [0.717, 1.165) is 18.4 Å². The van der Waals surface area contributed by atoms with Crippen LogP contribution in [0.1, 0.15) is 35.2 Å². The van der Waals surface area contributed by atoms with Crippen LogP contribution in [0, 0.1) is 6.92 Å². The maximum Gasteiger partial charge on any atom is 0.326 e. The van der Waals surface area contributed by atoms with Crippen molar-refractivity contribution >= 4 is 23.5 Å². The van der Waals surface area contributed by atoms with E-state index in [2.05, 4.69) is 0 Å². The molecule has 1 aliphatic rings. The maximum atomic E-state index is 12.4. The summed E-state index contributed by atoms with van der Waals surface area (Å²) < 4.78 is 0. The Morgan fingerprint density at radius 3 is 2.74 bits per heavy atom. The average molecular weight is 282 g/mol. The zero-order valence-electron chi connectivity index (χ0n) is 10.7. The molecule has 0 aromatic heterocycles.